The second kappa shape index (κ2) is 8.83. The molecule has 2 unspecified atom stereocenters. The van der Waals surface area contributed by atoms with Crippen LogP contribution in [0.3, 0.4) is 0 Å². The van der Waals surface area contributed by atoms with Crippen LogP contribution in [-0.4, -0.2) is 74.9 Å². The van der Waals surface area contributed by atoms with Crippen molar-refractivity contribution >= 4 is 11.7 Å². The number of halogens is 2. The molecule has 6 bridgehead atoms. The zero-order chi connectivity index (χ0) is 23.9. The number of rotatable bonds is 1. The first-order valence-corrected chi connectivity index (χ1v) is 11.6. The summed E-state index contributed by atoms with van der Waals surface area (Å²) in [6.07, 6.45) is 5.95. The molecule has 1 N–H and O–H groups in total. The summed E-state index contributed by atoms with van der Waals surface area (Å²) >= 11 is 0. The fourth-order valence-corrected chi connectivity index (χ4v) is 4.75. The summed E-state index contributed by atoms with van der Waals surface area (Å²) < 4.78 is 37.2. The van der Waals surface area contributed by atoms with Gasteiger partial charge in [-0.1, -0.05) is 18.2 Å². The molecule has 0 aliphatic carbocycles. The number of benzene rings is 1. The zero-order valence-electron chi connectivity index (χ0n) is 19.2. The molecule has 5 rings (SSSR count). The highest BCUT2D eigenvalue weighted by atomic mass is 19.3. The van der Waals surface area contributed by atoms with Crippen LogP contribution in [-0.2, 0) is 0 Å². The third-order valence-electron chi connectivity index (χ3n) is 6.62. The number of nitrogens with one attached hydrogen (secondary N) is 1. The van der Waals surface area contributed by atoms with Gasteiger partial charge in [0.1, 0.15) is 6.04 Å². The molecule has 1 fully saturated rings. The van der Waals surface area contributed by atoms with E-state index in [2.05, 4.69) is 10.3 Å². The largest absolute Gasteiger partial charge is 0.475 e. The van der Waals surface area contributed by atoms with Gasteiger partial charge in [0.2, 0.25) is 5.65 Å². The van der Waals surface area contributed by atoms with E-state index in [0.717, 1.165) is 11.1 Å². The number of alkyl halides is 2. The molecule has 2 aliphatic rings. The number of carbonyl (C=O) groups is 1. The lowest BCUT2D eigenvalue weighted by Crippen LogP contribution is -2.52. The van der Waals surface area contributed by atoms with Gasteiger partial charge in [-0.05, 0) is 31.9 Å². The second-order valence-corrected chi connectivity index (χ2v) is 8.88. The maximum Gasteiger partial charge on any atom is 0.318 e. The van der Waals surface area contributed by atoms with Gasteiger partial charge in [0.25, 0.3) is 11.8 Å². The standard InChI is InChI=1S/C24H28F2N6O2/c1-3-32-16(2)17-6-4-7-18(12-17)19-13-31-10-8-27-21(31)22(28-19)34-11-5-9-30-14-20(29-23(32)33)24(25,26)15-30/h4,6-8,10,12-13,16,20H,3,5,9,11,14-15H2,1-2H3,(H,29,33)/t16-,20?/m1/s1. The van der Waals surface area contributed by atoms with Crippen molar-refractivity contribution in [2.75, 3.05) is 32.8 Å². The molecule has 1 aromatic carbocycles. The highest BCUT2D eigenvalue weighted by Crippen LogP contribution is 2.30. The lowest BCUT2D eigenvalue weighted by molar-refractivity contribution is -0.00936. The second-order valence-electron chi connectivity index (χ2n) is 8.88. The summed E-state index contributed by atoms with van der Waals surface area (Å²) in [5, 5.41) is 2.60. The van der Waals surface area contributed by atoms with Crippen LogP contribution in [0, 0.1) is 0 Å². The Hall–Kier alpha value is -3.27. The van der Waals surface area contributed by atoms with Crippen LogP contribution in [0.5, 0.6) is 5.88 Å². The maximum atomic E-state index is 14.7. The molecule has 2 amide bonds. The molecule has 0 saturated carbocycles. The molecular weight excluding hydrogens is 442 g/mol. The normalized spacial score (nSPS) is 25.0. The van der Waals surface area contributed by atoms with E-state index in [-0.39, 0.29) is 19.1 Å². The third-order valence-corrected chi connectivity index (χ3v) is 6.62. The van der Waals surface area contributed by atoms with Crippen molar-refractivity contribution in [3.63, 3.8) is 0 Å². The molecule has 34 heavy (non-hydrogen) atoms. The van der Waals surface area contributed by atoms with E-state index in [1.807, 2.05) is 54.9 Å². The van der Waals surface area contributed by atoms with E-state index in [1.165, 1.54) is 0 Å². The minimum atomic E-state index is -3.00. The summed E-state index contributed by atoms with van der Waals surface area (Å²) in [7, 11) is 0. The number of aromatic nitrogens is 3. The molecule has 10 heteroatoms. The van der Waals surface area contributed by atoms with Crippen LogP contribution in [0.15, 0.2) is 42.9 Å². The predicted octanol–water partition coefficient (Wildman–Crippen LogP) is 3.59. The van der Waals surface area contributed by atoms with Gasteiger partial charge in [-0.2, -0.15) is 0 Å². The van der Waals surface area contributed by atoms with Crippen molar-refractivity contribution in [1.29, 1.82) is 0 Å². The van der Waals surface area contributed by atoms with Crippen molar-refractivity contribution in [1.82, 2.24) is 29.5 Å². The van der Waals surface area contributed by atoms with Gasteiger partial charge in [0.15, 0.2) is 0 Å². The molecule has 2 aromatic heterocycles. The average Bonchev–Trinajstić information content (AvgIpc) is 3.40. The minimum absolute atomic E-state index is 0.0956. The SMILES string of the molecule is CCN1C(=O)NC2CN(CCCOc3nc(cn4ccnc34)-c3cccc(c3)[C@H]1C)CC2(F)F. The molecule has 180 valence electrons. The minimum Gasteiger partial charge on any atom is -0.475 e. The lowest BCUT2D eigenvalue weighted by atomic mass is 10.0. The quantitative estimate of drug-likeness (QED) is 0.588. The molecule has 3 aromatic rings. The molecule has 0 spiro atoms. The van der Waals surface area contributed by atoms with Gasteiger partial charge in [0, 0.05) is 43.8 Å². The van der Waals surface area contributed by atoms with E-state index >= 15 is 0 Å². The number of hydrogen-bond donors (Lipinski definition) is 1. The average molecular weight is 471 g/mol. The van der Waals surface area contributed by atoms with Crippen molar-refractivity contribution < 1.29 is 18.3 Å². The summed E-state index contributed by atoms with van der Waals surface area (Å²) in [4.78, 5) is 25.4. The Morgan fingerprint density at radius 2 is 2.18 bits per heavy atom. The van der Waals surface area contributed by atoms with Gasteiger partial charge < -0.3 is 19.4 Å². The number of fused-ring (bicyclic) bond motifs is 9. The van der Waals surface area contributed by atoms with Crippen LogP contribution in [0.1, 0.15) is 31.9 Å². The van der Waals surface area contributed by atoms with Crippen LogP contribution in [0.25, 0.3) is 16.9 Å². The molecule has 1 saturated heterocycles. The van der Waals surface area contributed by atoms with Gasteiger partial charge >= 0.3 is 6.03 Å². The van der Waals surface area contributed by atoms with Gasteiger partial charge in [-0.3, -0.25) is 4.90 Å². The van der Waals surface area contributed by atoms with Crippen molar-refractivity contribution in [2.45, 2.75) is 38.3 Å². The molecule has 2 aliphatic heterocycles. The van der Waals surface area contributed by atoms with Crippen molar-refractivity contribution in [3.05, 3.63) is 48.4 Å². The number of urea groups is 1. The van der Waals surface area contributed by atoms with Crippen LogP contribution in [0.2, 0.25) is 0 Å². The van der Waals surface area contributed by atoms with Crippen molar-refractivity contribution in [2.24, 2.45) is 0 Å². The molecule has 3 atom stereocenters. The van der Waals surface area contributed by atoms with Gasteiger partial charge in [-0.15, -0.1) is 0 Å². The first kappa shape index (κ1) is 22.5. The Kier molecular flexibility index (Phi) is 5.85. The molecule has 8 nitrogen and oxygen atoms in total. The molecule has 4 heterocycles. The Bertz CT molecular complexity index is 1200. The van der Waals surface area contributed by atoms with Crippen LogP contribution < -0.4 is 10.1 Å². The van der Waals surface area contributed by atoms with E-state index in [0.29, 0.717) is 43.3 Å². The Balaban J connectivity index is 1.55. The highest BCUT2D eigenvalue weighted by molar-refractivity contribution is 5.75. The van der Waals surface area contributed by atoms with E-state index in [9.17, 15) is 13.6 Å². The maximum absolute atomic E-state index is 14.7. The first-order valence-electron chi connectivity index (χ1n) is 11.6. The zero-order valence-corrected chi connectivity index (χ0v) is 19.2. The number of carbonyl (C=O) groups excluding carboxylic acids is 1. The third kappa shape index (κ3) is 4.18. The Morgan fingerprint density at radius 3 is 3.00 bits per heavy atom. The van der Waals surface area contributed by atoms with Crippen LogP contribution >= 0.6 is 0 Å². The first-order chi connectivity index (χ1) is 16.4. The smallest absolute Gasteiger partial charge is 0.318 e. The Morgan fingerprint density at radius 1 is 1.32 bits per heavy atom. The number of ether oxygens (including phenoxy) is 1. The van der Waals surface area contributed by atoms with E-state index < -0.39 is 18.0 Å². The monoisotopic (exact) mass is 470 g/mol. The van der Waals surface area contributed by atoms with Gasteiger partial charge in [-0.25, -0.2) is 23.5 Å². The van der Waals surface area contributed by atoms with Gasteiger partial charge in [0.05, 0.1) is 24.9 Å². The summed E-state index contributed by atoms with van der Waals surface area (Å²) in [6, 6.07) is 5.72. The lowest BCUT2D eigenvalue weighted by Gasteiger charge is -2.31. The number of amides is 2. The topological polar surface area (TPSA) is 75.0 Å². The molecular formula is C24H28F2N6O2. The van der Waals surface area contributed by atoms with Crippen molar-refractivity contribution in [3.8, 4) is 17.1 Å². The summed E-state index contributed by atoms with van der Waals surface area (Å²) in [5.41, 5.74) is 3.07. The number of nitrogens with zero attached hydrogens (tertiary/aromatic N) is 5. The summed E-state index contributed by atoms with van der Waals surface area (Å²) in [5.74, 6) is -2.59. The van der Waals surface area contributed by atoms with E-state index in [4.69, 9.17) is 9.72 Å². The van der Waals surface area contributed by atoms with E-state index in [1.54, 1.807) is 16.0 Å². The fraction of sp³-hybridized carbons (Fsp3) is 0.458. The number of imidazole rings is 1. The van der Waals surface area contributed by atoms with Crippen LogP contribution in [0.4, 0.5) is 13.6 Å². The number of hydrogen-bond acceptors (Lipinski definition) is 5. The molecule has 0 radical (unpaired) electrons. The fourth-order valence-electron chi connectivity index (χ4n) is 4.75. The predicted molar refractivity (Wildman–Crippen MR) is 123 cm³/mol. The summed E-state index contributed by atoms with van der Waals surface area (Å²) in [6.45, 7) is 4.59. The Labute approximate surface area is 196 Å². The highest BCUT2D eigenvalue weighted by Gasteiger charge is 2.49.